The first-order chi connectivity index (χ1) is 17.1. The molecule has 0 aromatic heterocycles. The molecule has 3 fully saturated rings. The van der Waals surface area contributed by atoms with E-state index in [0.29, 0.717) is 12.3 Å². The van der Waals surface area contributed by atoms with Crippen LogP contribution in [0.5, 0.6) is 0 Å². The van der Waals surface area contributed by atoms with Crippen LogP contribution in [0, 0.1) is 33.5 Å². The number of cyclic esters (lactones) is 1. The summed E-state index contributed by atoms with van der Waals surface area (Å²) in [5.41, 5.74) is 2.44. The summed E-state index contributed by atoms with van der Waals surface area (Å²) in [6, 6.07) is 0. The van der Waals surface area contributed by atoms with Crippen LogP contribution < -0.4 is 0 Å². The number of carbonyl (C=O) groups is 2. The maximum absolute atomic E-state index is 14.1. The van der Waals surface area contributed by atoms with Gasteiger partial charge in [0, 0.05) is 12.3 Å². The Balaban J connectivity index is 1.61. The van der Waals surface area contributed by atoms with Gasteiger partial charge >= 0.3 is 11.9 Å². The van der Waals surface area contributed by atoms with Gasteiger partial charge in [0.25, 0.3) is 0 Å². The molecule has 0 radical (unpaired) electrons. The van der Waals surface area contributed by atoms with Crippen molar-refractivity contribution in [1.29, 1.82) is 0 Å². The summed E-state index contributed by atoms with van der Waals surface area (Å²) in [4.78, 5) is 26.4. The van der Waals surface area contributed by atoms with E-state index in [1.165, 1.54) is 23.6 Å². The van der Waals surface area contributed by atoms with Crippen LogP contribution in [0.15, 0.2) is 22.8 Å². The second-order valence-corrected chi connectivity index (χ2v) is 14.5. The van der Waals surface area contributed by atoms with Gasteiger partial charge in [-0.15, -0.1) is 0 Å². The molecule has 1 saturated heterocycles. The molecule has 1 spiro atoms. The van der Waals surface area contributed by atoms with Crippen LogP contribution in [0.2, 0.25) is 0 Å². The molecule has 5 nitrogen and oxygen atoms in total. The molecule has 5 aliphatic rings. The van der Waals surface area contributed by atoms with E-state index in [9.17, 15) is 14.7 Å². The van der Waals surface area contributed by atoms with Crippen molar-refractivity contribution < 1.29 is 24.2 Å². The largest absolute Gasteiger partial charge is 0.462 e. The number of esters is 2. The number of fused-ring (bicyclic) bond motifs is 3. The van der Waals surface area contributed by atoms with Crippen molar-refractivity contribution in [3.05, 3.63) is 22.8 Å². The molecule has 0 aromatic carbocycles. The summed E-state index contributed by atoms with van der Waals surface area (Å²) in [5.74, 6) is -0.0727. The van der Waals surface area contributed by atoms with Gasteiger partial charge in [0.1, 0.15) is 11.7 Å². The molecule has 1 heterocycles. The zero-order valence-electron chi connectivity index (χ0n) is 24.3. The molecule has 206 valence electrons. The van der Waals surface area contributed by atoms with Crippen molar-refractivity contribution in [2.24, 2.45) is 33.5 Å². The van der Waals surface area contributed by atoms with Gasteiger partial charge in [0.15, 0.2) is 0 Å². The Morgan fingerprint density at radius 1 is 1.05 bits per heavy atom. The van der Waals surface area contributed by atoms with E-state index in [1.807, 2.05) is 0 Å². The lowest BCUT2D eigenvalue weighted by molar-refractivity contribution is -0.160. The Bertz CT molecular complexity index is 1070. The van der Waals surface area contributed by atoms with Crippen molar-refractivity contribution in [3.8, 4) is 0 Å². The molecule has 2 saturated carbocycles. The van der Waals surface area contributed by atoms with Crippen molar-refractivity contribution in [3.63, 3.8) is 0 Å². The lowest BCUT2D eigenvalue weighted by Crippen LogP contribution is -2.56. The molecule has 0 amide bonds. The number of carbonyl (C=O) groups excluding carboxylic acids is 2. The second kappa shape index (κ2) is 8.44. The molecule has 5 rings (SSSR count). The van der Waals surface area contributed by atoms with Crippen molar-refractivity contribution >= 4 is 11.9 Å². The highest BCUT2D eigenvalue weighted by Gasteiger charge is 2.78. The van der Waals surface area contributed by atoms with E-state index in [1.54, 1.807) is 0 Å². The third-order valence-corrected chi connectivity index (χ3v) is 12.0. The predicted octanol–water partition coefficient (Wildman–Crippen LogP) is 6.68. The molecule has 8 atom stereocenters. The summed E-state index contributed by atoms with van der Waals surface area (Å²) in [6.07, 6.45) is 9.33. The van der Waals surface area contributed by atoms with Gasteiger partial charge < -0.3 is 14.6 Å². The topological polar surface area (TPSA) is 72.8 Å². The van der Waals surface area contributed by atoms with Crippen LogP contribution >= 0.6 is 0 Å². The van der Waals surface area contributed by atoms with Crippen molar-refractivity contribution in [2.45, 2.75) is 131 Å². The van der Waals surface area contributed by atoms with Crippen molar-refractivity contribution in [1.82, 2.24) is 0 Å². The van der Waals surface area contributed by atoms with E-state index < -0.39 is 11.0 Å². The molecular weight excluding hydrogens is 464 g/mol. The minimum absolute atomic E-state index is 0.0329. The summed E-state index contributed by atoms with van der Waals surface area (Å²) < 4.78 is 12.4. The molecule has 1 N–H and O–H groups in total. The Morgan fingerprint density at radius 2 is 1.76 bits per heavy atom. The first kappa shape index (κ1) is 27.0. The fourth-order valence-electron chi connectivity index (χ4n) is 10.3. The third-order valence-electron chi connectivity index (χ3n) is 12.0. The number of hydrogen-bond donors (Lipinski definition) is 1. The fourth-order valence-corrected chi connectivity index (χ4v) is 10.3. The molecule has 0 aromatic rings. The van der Waals surface area contributed by atoms with Gasteiger partial charge in [-0.05, 0) is 95.3 Å². The lowest BCUT2D eigenvalue weighted by atomic mass is 9.43. The van der Waals surface area contributed by atoms with Crippen LogP contribution in [0.3, 0.4) is 0 Å². The number of aliphatic hydroxyl groups excluding tert-OH is 1. The SMILES string of the molecule is CC(=O)O[C@H]1C[C@@]2(C)C3=C(CCC24C(=O)O[C@@](C)(CCC=C(C)C)C14)[C@@]1(C)CC[C@H](O)C(C)(C)C1CC3. The van der Waals surface area contributed by atoms with E-state index >= 15 is 0 Å². The molecule has 5 heteroatoms. The van der Waals surface area contributed by atoms with Crippen LogP contribution in [-0.2, 0) is 19.1 Å². The summed E-state index contributed by atoms with van der Waals surface area (Å²) in [7, 11) is 0. The van der Waals surface area contributed by atoms with Gasteiger partial charge in [-0.3, -0.25) is 9.59 Å². The van der Waals surface area contributed by atoms with E-state index in [0.717, 1.165) is 51.4 Å². The first-order valence-corrected chi connectivity index (χ1v) is 14.6. The lowest BCUT2D eigenvalue weighted by Gasteiger charge is -2.61. The molecular formula is C32H48O5. The molecule has 0 bridgehead atoms. The highest BCUT2D eigenvalue weighted by Crippen LogP contribution is 2.75. The number of rotatable bonds is 4. The summed E-state index contributed by atoms with van der Waals surface area (Å²) in [6.45, 7) is 17.0. The number of allylic oxidation sites excluding steroid dienone is 4. The first-order valence-electron chi connectivity index (χ1n) is 14.6. The monoisotopic (exact) mass is 512 g/mol. The van der Waals surface area contributed by atoms with Crippen LogP contribution in [0.1, 0.15) is 113 Å². The van der Waals surface area contributed by atoms with Gasteiger partial charge in [0.05, 0.1) is 17.4 Å². The van der Waals surface area contributed by atoms with E-state index in [2.05, 4.69) is 54.5 Å². The Kier molecular flexibility index (Phi) is 6.15. The summed E-state index contributed by atoms with van der Waals surface area (Å²) in [5, 5.41) is 10.9. The zero-order chi connectivity index (χ0) is 27.2. The third kappa shape index (κ3) is 3.51. The fraction of sp³-hybridized carbons (Fsp3) is 0.812. The highest BCUT2D eigenvalue weighted by molar-refractivity contribution is 5.84. The van der Waals surface area contributed by atoms with Gasteiger partial charge in [0.2, 0.25) is 0 Å². The molecule has 4 aliphatic carbocycles. The quantitative estimate of drug-likeness (QED) is 0.336. The maximum atomic E-state index is 14.1. The molecule has 3 unspecified atom stereocenters. The van der Waals surface area contributed by atoms with E-state index in [4.69, 9.17) is 9.47 Å². The summed E-state index contributed by atoms with van der Waals surface area (Å²) >= 11 is 0. The van der Waals surface area contributed by atoms with Gasteiger partial charge in [-0.2, -0.15) is 0 Å². The predicted molar refractivity (Wildman–Crippen MR) is 143 cm³/mol. The highest BCUT2D eigenvalue weighted by atomic mass is 16.6. The Morgan fingerprint density at radius 3 is 2.41 bits per heavy atom. The standard InChI is InChI=1S/C32H48O5/c1-19(2)10-9-15-31(8)26-23(36-20(3)33)18-30(7)22-11-12-24-28(4,5)25(34)14-16-29(24,6)21(22)13-17-32(26,30)27(35)37-31/h10,23-26,34H,9,11-18H2,1-8H3/t23-,24?,25-,26?,29+,30-,31-,32?/m0/s1. The smallest absolute Gasteiger partial charge is 0.314 e. The Labute approximate surface area is 223 Å². The average molecular weight is 513 g/mol. The maximum Gasteiger partial charge on any atom is 0.314 e. The van der Waals surface area contributed by atoms with Crippen LogP contribution in [0.25, 0.3) is 0 Å². The number of ether oxygens (including phenoxy) is 2. The van der Waals surface area contributed by atoms with Gasteiger partial charge in [-0.25, -0.2) is 0 Å². The minimum Gasteiger partial charge on any atom is -0.462 e. The zero-order valence-corrected chi connectivity index (χ0v) is 24.3. The number of aliphatic hydroxyl groups is 1. The van der Waals surface area contributed by atoms with Crippen LogP contribution in [0.4, 0.5) is 0 Å². The molecule has 37 heavy (non-hydrogen) atoms. The average Bonchev–Trinajstić information content (AvgIpc) is 3.17. The second-order valence-electron chi connectivity index (χ2n) is 14.5. The normalized spacial score (nSPS) is 45.8. The van der Waals surface area contributed by atoms with Gasteiger partial charge in [-0.1, -0.05) is 50.5 Å². The van der Waals surface area contributed by atoms with Crippen LogP contribution in [-0.4, -0.2) is 34.9 Å². The van der Waals surface area contributed by atoms with E-state index in [-0.39, 0.29) is 46.3 Å². The Hall–Kier alpha value is -1.62. The number of hydrogen-bond acceptors (Lipinski definition) is 5. The van der Waals surface area contributed by atoms with Crippen molar-refractivity contribution in [2.75, 3.05) is 0 Å². The minimum atomic E-state index is -0.656. The molecule has 1 aliphatic heterocycles.